The van der Waals surface area contributed by atoms with Gasteiger partial charge in [-0.1, -0.05) is 18.2 Å². The third kappa shape index (κ3) is 6.49. The lowest BCUT2D eigenvalue weighted by Gasteiger charge is -2.30. The molecular formula is C28H27F3N4O5S3. The van der Waals surface area contributed by atoms with Crippen LogP contribution >= 0.6 is 22.7 Å². The molecule has 0 amide bonds. The molecule has 0 spiro atoms. The maximum atomic E-state index is 13.6. The molecule has 0 bridgehead atoms. The molecule has 1 saturated carbocycles. The van der Waals surface area contributed by atoms with Crippen LogP contribution in [-0.2, 0) is 30.9 Å². The maximum Gasteiger partial charge on any atom is 0.491 e. The quantitative estimate of drug-likeness (QED) is 0.180. The van der Waals surface area contributed by atoms with Crippen molar-refractivity contribution >= 4 is 61.2 Å². The van der Waals surface area contributed by atoms with E-state index in [-0.39, 0.29) is 12.8 Å². The SMILES string of the molecule is O=C(OC(=O)C(F)(F)F)C1CCN(Cc2cnc(-c3cc4cccc(N(CC5CC5)S(=O)(=O)c5cccs5)c4[nH]3)s2)CC1. The average Bonchev–Trinajstić information content (AvgIpc) is 3.35. The number of alkyl halides is 3. The van der Waals surface area contributed by atoms with E-state index < -0.39 is 34.1 Å². The van der Waals surface area contributed by atoms with Gasteiger partial charge in [0.2, 0.25) is 0 Å². The summed E-state index contributed by atoms with van der Waals surface area (Å²) in [5.41, 5.74) is 2.07. The summed E-state index contributed by atoms with van der Waals surface area (Å²) in [5, 5.41) is 3.35. The molecule has 0 atom stereocenters. The lowest BCUT2D eigenvalue weighted by Crippen LogP contribution is -2.38. The number of carbonyl (C=O) groups excluding carboxylic acids is 2. The fraction of sp³-hybridized carbons (Fsp3) is 0.393. The number of nitrogens with zero attached hydrogens (tertiary/aromatic N) is 3. The molecule has 228 valence electrons. The largest absolute Gasteiger partial charge is 0.491 e. The van der Waals surface area contributed by atoms with Crippen molar-refractivity contribution in [1.82, 2.24) is 14.9 Å². The predicted molar refractivity (Wildman–Crippen MR) is 156 cm³/mol. The summed E-state index contributed by atoms with van der Waals surface area (Å²) < 4.78 is 70.3. The van der Waals surface area contributed by atoms with E-state index in [2.05, 4.69) is 19.6 Å². The molecule has 2 fully saturated rings. The lowest BCUT2D eigenvalue weighted by atomic mass is 9.97. The number of halogens is 3. The Kier molecular flexibility index (Phi) is 8.08. The Morgan fingerprint density at radius 2 is 1.88 bits per heavy atom. The summed E-state index contributed by atoms with van der Waals surface area (Å²) in [5.74, 6) is -4.05. The Morgan fingerprint density at radius 3 is 2.56 bits per heavy atom. The summed E-state index contributed by atoms with van der Waals surface area (Å²) in [7, 11) is -3.73. The fourth-order valence-corrected chi connectivity index (χ4v) is 8.71. The number of carbonyl (C=O) groups is 2. The first-order valence-electron chi connectivity index (χ1n) is 13.7. The zero-order valence-corrected chi connectivity index (χ0v) is 25.1. The molecule has 4 aromatic rings. The predicted octanol–water partition coefficient (Wildman–Crippen LogP) is 5.80. The number of piperidine rings is 1. The van der Waals surface area contributed by atoms with Gasteiger partial charge in [-0.2, -0.15) is 13.2 Å². The number of hydrogen-bond donors (Lipinski definition) is 1. The number of nitrogens with one attached hydrogen (secondary N) is 1. The van der Waals surface area contributed by atoms with Crippen LogP contribution < -0.4 is 4.31 Å². The minimum atomic E-state index is -5.20. The van der Waals surface area contributed by atoms with Crippen molar-refractivity contribution in [2.75, 3.05) is 23.9 Å². The van der Waals surface area contributed by atoms with Crippen molar-refractivity contribution in [3.05, 3.63) is 52.9 Å². The number of rotatable bonds is 9. The van der Waals surface area contributed by atoms with Gasteiger partial charge >= 0.3 is 18.1 Å². The summed E-state index contributed by atoms with van der Waals surface area (Å²) in [4.78, 5) is 34.0. The first-order chi connectivity index (χ1) is 20.5. The van der Waals surface area contributed by atoms with Gasteiger partial charge in [-0.05, 0) is 68.3 Å². The van der Waals surface area contributed by atoms with Crippen LogP contribution in [0.5, 0.6) is 0 Å². The van der Waals surface area contributed by atoms with Crippen molar-refractivity contribution < 1.29 is 35.9 Å². The highest BCUT2D eigenvalue weighted by molar-refractivity contribution is 7.94. The zero-order chi connectivity index (χ0) is 30.4. The van der Waals surface area contributed by atoms with E-state index in [9.17, 15) is 31.2 Å². The second kappa shape index (κ2) is 11.7. The molecular weight excluding hydrogens is 626 g/mol. The second-order valence-electron chi connectivity index (χ2n) is 10.7. The Hall–Kier alpha value is -3.27. The van der Waals surface area contributed by atoms with Crippen LogP contribution in [0, 0.1) is 11.8 Å². The van der Waals surface area contributed by atoms with Gasteiger partial charge in [0.25, 0.3) is 10.0 Å². The highest BCUT2D eigenvalue weighted by Crippen LogP contribution is 2.39. The molecule has 43 heavy (non-hydrogen) atoms. The van der Waals surface area contributed by atoms with Gasteiger partial charge in [-0.15, -0.1) is 22.7 Å². The molecule has 0 radical (unpaired) electrons. The number of aromatic nitrogens is 2. The molecule has 1 aliphatic carbocycles. The molecule has 4 heterocycles. The third-order valence-corrected chi connectivity index (χ3v) is 11.7. The highest BCUT2D eigenvalue weighted by atomic mass is 32.2. The number of para-hydroxylation sites is 1. The van der Waals surface area contributed by atoms with Crippen molar-refractivity contribution in [2.45, 2.75) is 42.6 Å². The van der Waals surface area contributed by atoms with Crippen molar-refractivity contribution in [1.29, 1.82) is 0 Å². The van der Waals surface area contributed by atoms with E-state index in [0.717, 1.165) is 33.8 Å². The monoisotopic (exact) mass is 652 g/mol. The zero-order valence-electron chi connectivity index (χ0n) is 22.7. The molecule has 3 aromatic heterocycles. The number of thiophene rings is 1. The van der Waals surface area contributed by atoms with Crippen molar-refractivity contribution in [3.63, 3.8) is 0 Å². The lowest BCUT2D eigenvalue weighted by molar-refractivity contribution is -0.203. The first kappa shape index (κ1) is 29.8. The van der Waals surface area contributed by atoms with Crippen LogP contribution in [0.2, 0.25) is 0 Å². The van der Waals surface area contributed by atoms with Gasteiger partial charge < -0.3 is 9.72 Å². The summed E-state index contributed by atoms with van der Waals surface area (Å²) in [6.07, 6.45) is -0.869. The molecule has 1 saturated heterocycles. The van der Waals surface area contributed by atoms with Crippen LogP contribution in [0.4, 0.5) is 18.9 Å². The first-order valence-corrected chi connectivity index (χ1v) is 16.8. The Balaban J connectivity index is 1.15. The van der Waals surface area contributed by atoms with Gasteiger partial charge in [0, 0.05) is 29.5 Å². The van der Waals surface area contributed by atoms with Crippen LogP contribution in [0.1, 0.15) is 30.6 Å². The van der Waals surface area contributed by atoms with E-state index in [1.807, 2.05) is 24.3 Å². The van der Waals surface area contributed by atoms with E-state index >= 15 is 0 Å². The minimum Gasteiger partial charge on any atom is -0.386 e. The summed E-state index contributed by atoms with van der Waals surface area (Å²) in [6, 6.07) is 10.9. The minimum absolute atomic E-state index is 0.284. The molecule has 1 aromatic carbocycles. The number of fused-ring (bicyclic) bond motifs is 1. The molecule has 9 nitrogen and oxygen atoms in total. The molecule has 1 aliphatic heterocycles. The highest BCUT2D eigenvalue weighted by Gasteiger charge is 2.43. The Labute approximate surface area is 253 Å². The van der Waals surface area contributed by atoms with Crippen molar-refractivity contribution in [2.24, 2.45) is 11.8 Å². The smallest absolute Gasteiger partial charge is 0.386 e. The number of likely N-dealkylation sites (tertiary alicyclic amines) is 1. The Bertz CT molecular complexity index is 1740. The van der Waals surface area contributed by atoms with Gasteiger partial charge in [0.15, 0.2) is 0 Å². The topological polar surface area (TPSA) is 113 Å². The van der Waals surface area contributed by atoms with Crippen LogP contribution in [0.25, 0.3) is 21.6 Å². The maximum absolute atomic E-state index is 13.6. The van der Waals surface area contributed by atoms with Gasteiger partial charge in [0.1, 0.15) is 9.22 Å². The number of benzene rings is 1. The van der Waals surface area contributed by atoms with Gasteiger partial charge in [0.05, 0.1) is 22.8 Å². The number of sulfonamides is 1. The van der Waals surface area contributed by atoms with E-state index in [1.54, 1.807) is 23.7 Å². The normalized spacial score (nSPS) is 16.9. The number of H-pyrrole nitrogens is 1. The number of hydrogen-bond acceptors (Lipinski definition) is 9. The molecule has 0 unspecified atom stereocenters. The number of anilines is 1. The summed E-state index contributed by atoms with van der Waals surface area (Å²) >= 11 is 2.68. The van der Waals surface area contributed by atoms with Crippen LogP contribution in [0.15, 0.2) is 52.2 Å². The third-order valence-electron chi connectivity index (χ3n) is 7.57. The number of ether oxygens (including phenoxy) is 1. The standard InChI is InChI=1S/C28H27F3N4O5S3/c29-28(30,31)27(37)40-26(36)18-8-10-34(11-9-18)16-20-14-32-25(42-20)21-13-19-3-1-4-22(24(19)33-21)35(15-17-6-7-17)43(38,39)23-5-2-12-41-23/h1-5,12-14,17-18,33H,6-11,15-16H2. The number of thiazole rings is 1. The van der Waals surface area contributed by atoms with Crippen LogP contribution in [0.3, 0.4) is 0 Å². The Morgan fingerprint density at radius 1 is 1.12 bits per heavy atom. The summed E-state index contributed by atoms with van der Waals surface area (Å²) in [6.45, 7) is 1.87. The van der Waals surface area contributed by atoms with Gasteiger partial charge in [-0.3, -0.25) is 14.0 Å². The second-order valence-corrected chi connectivity index (χ2v) is 14.9. The van der Waals surface area contributed by atoms with Gasteiger partial charge in [-0.25, -0.2) is 18.2 Å². The molecule has 2 aliphatic rings. The van der Waals surface area contributed by atoms with E-state index in [0.29, 0.717) is 47.5 Å². The van der Waals surface area contributed by atoms with Crippen LogP contribution in [-0.4, -0.2) is 61.0 Å². The molecule has 15 heteroatoms. The molecule has 1 N–H and O–H groups in total. The van der Waals surface area contributed by atoms with E-state index in [1.165, 1.54) is 27.0 Å². The number of aromatic amines is 1. The van der Waals surface area contributed by atoms with Crippen molar-refractivity contribution in [3.8, 4) is 10.7 Å². The number of esters is 2. The fourth-order valence-electron chi connectivity index (χ4n) is 5.13. The average molecular weight is 653 g/mol. The van der Waals surface area contributed by atoms with E-state index in [4.69, 9.17) is 0 Å². The molecule has 6 rings (SSSR count).